The van der Waals surface area contributed by atoms with E-state index < -0.39 is 12.1 Å². The molecule has 0 aromatic heterocycles. The van der Waals surface area contributed by atoms with Gasteiger partial charge in [0.2, 0.25) is 0 Å². The Balaban J connectivity index is 3.55. The summed E-state index contributed by atoms with van der Waals surface area (Å²) in [5, 5.41) is 20.0. The molecule has 0 aliphatic heterocycles. The lowest BCUT2D eigenvalue weighted by Gasteiger charge is -2.12. The van der Waals surface area contributed by atoms with Crippen LogP contribution in [0.1, 0.15) is 0 Å². The molecule has 52 valence electrons. The van der Waals surface area contributed by atoms with Gasteiger partial charge in [-0.1, -0.05) is 6.08 Å². The highest BCUT2D eigenvalue weighted by molar-refractivity contribution is 5.62. The smallest absolute Gasteiger partial charge is 0.134 e. The van der Waals surface area contributed by atoms with E-state index in [0.29, 0.717) is 0 Å². The summed E-state index contributed by atoms with van der Waals surface area (Å²) in [6.45, 7) is 2.98. The average molecular weight is 130 g/mol. The van der Waals surface area contributed by atoms with Crippen LogP contribution in [0.3, 0.4) is 0 Å². The monoisotopic (exact) mass is 130 g/mol. The number of aliphatic hydroxyl groups is 1. The van der Waals surface area contributed by atoms with E-state index in [1.54, 1.807) is 0 Å². The Kier molecular flexibility index (Phi) is 3.46. The quantitative estimate of drug-likeness (QED) is 0.455. The first-order valence-electron chi connectivity index (χ1n) is 2.41. The van der Waals surface area contributed by atoms with E-state index in [-0.39, 0.29) is 6.61 Å². The van der Waals surface area contributed by atoms with Crippen LogP contribution in [0.5, 0.6) is 0 Å². The predicted molar refractivity (Wildman–Crippen MR) is 29.6 cm³/mol. The second-order valence-electron chi connectivity index (χ2n) is 1.46. The molecule has 0 fully saturated rings. The maximum Gasteiger partial charge on any atom is 0.134 e. The van der Waals surface area contributed by atoms with Gasteiger partial charge >= 0.3 is 0 Å². The van der Waals surface area contributed by atoms with Crippen LogP contribution in [-0.4, -0.2) is 23.8 Å². The lowest BCUT2D eigenvalue weighted by Crippen LogP contribution is -2.43. The molecule has 2 N–H and O–H groups in total. The number of hydrogen-bond donors (Lipinski definition) is 2. The number of nitrogens with one attached hydrogen (secondary N) is 1. The van der Waals surface area contributed by atoms with E-state index in [9.17, 15) is 9.90 Å². The van der Waals surface area contributed by atoms with E-state index in [1.807, 2.05) is 5.32 Å². The summed E-state index contributed by atoms with van der Waals surface area (Å²) < 4.78 is 0. The van der Waals surface area contributed by atoms with Crippen molar-refractivity contribution in [3.05, 3.63) is 12.7 Å². The molecule has 0 saturated carbocycles. The molecule has 1 unspecified atom stereocenters. The van der Waals surface area contributed by atoms with E-state index >= 15 is 0 Å². The SMILES string of the molecule is C=CC(CO)NC(=O)[O-]. The van der Waals surface area contributed by atoms with Gasteiger partial charge in [0.1, 0.15) is 6.09 Å². The van der Waals surface area contributed by atoms with Gasteiger partial charge in [-0.15, -0.1) is 6.58 Å². The number of amides is 1. The highest BCUT2D eigenvalue weighted by Gasteiger charge is 1.97. The number of carbonyl (C=O) groups is 1. The fraction of sp³-hybridized carbons (Fsp3) is 0.400. The van der Waals surface area contributed by atoms with Crippen LogP contribution in [0.25, 0.3) is 0 Å². The Bertz CT molecular complexity index is 113. The Hall–Kier alpha value is -1.03. The Morgan fingerprint density at radius 1 is 2.00 bits per heavy atom. The van der Waals surface area contributed by atoms with E-state index in [1.165, 1.54) is 6.08 Å². The van der Waals surface area contributed by atoms with Gasteiger partial charge in [0.15, 0.2) is 0 Å². The van der Waals surface area contributed by atoms with Crippen molar-refractivity contribution >= 4 is 6.09 Å². The molecule has 0 spiro atoms. The van der Waals surface area contributed by atoms with Crippen LogP contribution in [0.15, 0.2) is 12.7 Å². The Morgan fingerprint density at radius 2 is 2.56 bits per heavy atom. The first kappa shape index (κ1) is 7.97. The van der Waals surface area contributed by atoms with Crippen molar-refractivity contribution in [1.29, 1.82) is 0 Å². The molecule has 0 aliphatic carbocycles. The van der Waals surface area contributed by atoms with E-state index in [2.05, 4.69) is 6.58 Å². The summed E-state index contributed by atoms with van der Waals surface area (Å²) in [5.41, 5.74) is 0. The number of hydrogen-bond acceptors (Lipinski definition) is 3. The molecule has 1 atom stereocenters. The fourth-order valence-corrected chi connectivity index (χ4v) is 0.330. The molecule has 0 heterocycles. The lowest BCUT2D eigenvalue weighted by atomic mass is 10.3. The minimum Gasteiger partial charge on any atom is -0.530 e. The molecule has 1 amide bonds. The minimum atomic E-state index is -1.41. The normalized spacial score (nSPS) is 12.1. The van der Waals surface area contributed by atoms with Crippen molar-refractivity contribution in [1.82, 2.24) is 5.32 Å². The zero-order chi connectivity index (χ0) is 7.28. The first-order valence-corrected chi connectivity index (χ1v) is 2.41. The molecule has 4 nitrogen and oxygen atoms in total. The largest absolute Gasteiger partial charge is 0.530 e. The second kappa shape index (κ2) is 3.91. The minimum absolute atomic E-state index is 0.294. The third kappa shape index (κ3) is 3.54. The highest BCUT2D eigenvalue weighted by atomic mass is 16.4. The zero-order valence-electron chi connectivity index (χ0n) is 4.83. The summed E-state index contributed by atoms with van der Waals surface area (Å²) in [6, 6.07) is -0.616. The van der Waals surface area contributed by atoms with Crippen LogP contribution >= 0.6 is 0 Å². The second-order valence-corrected chi connectivity index (χ2v) is 1.46. The van der Waals surface area contributed by atoms with Crippen LogP contribution in [0, 0.1) is 0 Å². The topological polar surface area (TPSA) is 72.4 Å². The van der Waals surface area contributed by atoms with Crippen molar-refractivity contribution in [3.63, 3.8) is 0 Å². The summed E-state index contributed by atoms with van der Waals surface area (Å²) in [4.78, 5) is 9.75. The highest BCUT2D eigenvalue weighted by Crippen LogP contribution is 1.79. The maximum atomic E-state index is 9.75. The molecule has 0 aromatic rings. The Labute approximate surface area is 52.8 Å². The number of rotatable bonds is 3. The van der Waals surface area contributed by atoms with Crippen LogP contribution < -0.4 is 10.4 Å². The molecule has 0 rings (SSSR count). The molecule has 0 radical (unpaired) electrons. The molecule has 4 heteroatoms. The molecule has 0 bridgehead atoms. The molecule has 0 aliphatic rings. The van der Waals surface area contributed by atoms with E-state index in [0.717, 1.165) is 0 Å². The van der Waals surface area contributed by atoms with Crippen LogP contribution in [-0.2, 0) is 0 Å². The number of carboxylic acid groups (broad SMARTS) is 1. The third-order valence-electron chi connectivity index (χ3n) is 0.784. The molecular formula is C5H8NO3-. The maximum absolute atomic E-state index is 9.75. The van der Waals surface area contributed by atoms with E-state index in [4.69, 9.17) is 5.11 Å². The average Bonchev–Trinajstić information content (AvgIpc) is 1.82. The number of aliphatic hydroxyl groups excluding tert-OH is 1. The van der Waals surface area contributed by atoms with Gasteiger partial charge in [0, 0.05) is 0 Å². The summed E-state index contributed by atoms with van der Waals surface area (Å²) in [7, 11) is 0. The first-order chi connectivity index (χ1) is 4.20. The zero-order valence-corrected chi connectivity index (χ0v) is 4.83. The lowest BCUT2D eigenvalue weighted by molar-refractivity contribution is -0.251. The van der Waals surface area contributed by atoms with Gasteiger partial charge in [-0.2, -0.15) is 0 Å². The van der Waals surface area contributed by atoms with Crippen LogP contribution in [0.4, 0.5) is 4.79 Å². The summed E-state index contributed by atoms with van der Waals surface area (Å²) >= 11 is 0. The van der Waals surface area contributed by atoms with Gasteiger partial charge < -0.3 is 20.3 Å². The van der Waals surface area contributed by atoms with Crippen molar-refractivity contribution in [3.8, 4) is 0 Å². The standard InChI is InChI=1S/C5H9NO3/c1-2-4(3-7)6-5(8)9/h2,4,6-7H,1,3H2,(H,8,9)/p-1. The third-order valence-corrected chi connectivity index (χ3v) is 0.784. The molecule has 9 heavy (non-hydrogen) atoms. The molecular weight excluding hydrogens is 122 g/mol. The predicted octanol–water partition coefficient (Wildman–Crippen LogP) is -1.53. The van der Waals surface area contributed by atoms with Gasteiger partial charge in [0.05, 0.1) is 12.6 Å². The van der Waals surface area contributed by atoms with Gasteiger partial charge in [-0.05, 0) is 0 Å². The Morgan fingerprint density at radius 3 is 2.67 bits per heavy atom. The van der Waals surface area contributed by atoms with Gasteiger partial charge in [0.25, 0.3) is 0 Å². The fourth-order valence-electron chi connectivity index (χ4n) is 0.330. The van der Waals surface area contributed by atoms with Crippen molar-refractivity contribution in [2.45, 2.75) is 6.04 Å². The summed E-state index contributed by atoms with van der Waals surface area (Å²) in [6.07, 6.45) is -0.121. The van der Waals surface area contributed by atoms with Gasteiger partial charge in [-0.3, -0.25) is 0 Å². The van der Waals surface area contributed by atoms with Gasteiger partial charge in [-0.25, -0.2) is 0 Å². The van der Waals surface area contributed by atoms with Crippen LogP contribution in [0.2, 0.25) is 0 Å². The molecule has 0 saturated heterocycles. The molecule has 0 aromatic carbocycles. The van der Waals surface area contributed by atoms with Crippen molar-refractivity contribution < 1.29 is 15.0 Å². The summed E-state index contributed by atoms with van der Waals surface area (Å²) in [5.74, 6) is 0. The van der Waals surface area contributed by atoms with Crippen molar-refractivity contribution in [2.24, 2.45) is 0 Å². The number of carbonyl (C=O) groups excluding carboxylic acids is 1. The van der Waals surface area contributed by atoms with Crippen molar-refractivity contribution in [2.75, 3.05) is 6.61 Å².